The molecule has 0 aliphatic carbocycles. The van der Waals surface area contributed by atoms with E-state index in [0.29, 0.717) is 18.0 Å². The molecule has 1 rings (SSSR count). The van der Waals surface area contributed by atoms with Crippen molar-refractivity contribution in [3.8, 4) is 0 Å². The number of halogens is 1. The molecule has 106 valence electrons. The minimum atomic E-state index is -0.437. The summed E-state index contributed by atoms with van der Waals surface area (Å²) in [5, 5.41) is 14.4. The Balaban J connectivity index is 2.61. The summed E-state index contributed by atoms with van der Waals surface area (Å²) in [6.07, 6.45) is 0.687. The van der Waals surface area contributed by atoms with E-state index in [9.17, 15) is 14.3 Å². The van der Waals surface area contributed by atoms with Crippen molar-refractivity contribution < 1.29 is 14.3 Å². The Morgan fingerprint density at radius 2 is 2.11 bits per heavy atom. The lowest BCUT2D eigenvalue weighted by molar-refractivity contribution is 0.214. The molecule has 1 aromatic carbocycles. The molecule has 0 heterocycles. The van der Waals surface area contributed by atoms with Gasteiger partial charge in [0, 0.05) is 5.69 Å². The van der Waals surface area contributed by atoms with Crippen LogP contribution in [0.25, 0.3) is 0 Å². The third kappa shape index (κ3) is 5.26. The Kier molecular flexibility index (Phi) is 5.76. The molecule has 3 N–H and O–H groups in total. The van der Waals surface area contributed by atoms with Crippen molar-refractivity contribution in [3.63, 3.8) is 0 Å². The predicted molar refractivity (Wildman–Crippen MR) is 73.6 cm³/mol. The Labute approximate surface area is 113 Å². The second-order valence-corrected chi connectivity index (χ2v) is 5.07. The fourth-order valence-corrected chi connectivity index (χ4v) is 1.82. The normalized spacial score (nSPS) is 12.3. The van der Waals surface area contributed by atoms with Gasteiger partial charge in [-0.15, -0.1) is 0 Å². The number of benzene rings is 1. The Bertz CT molecular complexity index is 435. The number of hydrogen-bond acceptors (Lipinski definition) is 2. The molecule has 0 aromatic heterocycles. The van der Waals surface area contributed by atoms with Crippen LogP contribution < -0.4 is 10.6 Å². The molecule has 5 heteroatoms. The van der Waals surface area contributed by atoms with Gasteiger partial charge in [-0.1, -0.05) is 19.9 Å². The molecule has 0 aliphatic heterocycles. The zero-order chi connectivity index (χ0) is 14.4. The van der Waals surface area contributed by atoms with E-state index in [1.54, 1.807) is 13.0 Å². The number of hydrogen-bond donors (Lipinski definition) is 3. The van der Waals surface area contributed by atoms with E-state index in [1.807, 2.05) is 13.8 Å². The van der Waals surface area contributed by atoms with E-state index < -0.39 is 11.8 Å². The van der Waals surface area contributed by atoms with Crippen LogP contribution in [0.2, 0.25) is 0 Å². The van der Waals surface area contributed by atoms with Gasteiger partial charge in [0.15, 0.2) is 0 Å². The molecule has 0 saturated heterocycles. The van der Waals surface area contributed by atoms with Crippen molar-refractivity contribution in [3.05, 3.63) is 29.6 Å². The van der Waals surface area contributed by atoms with Crippen LogP contribution in [0.1, 0.15) is 25.8 Å². The van der Waals surface area contributed by atoms with Crippen LogP contribution in [-0.2, 0) is 0 Å². The van der Waals surface area contributed by atoms with E-state index in [0.717, 1.165) is 5.56 Å². The first-order chi connectivity index (χ1) is 8.92. The molecule has 0 radical (unpaired) electrons. The van der Waals surface area contributed by atoms with Gasteiger partial charge in [-0.05, 0) is 37.0 Å². The van der Waals surface area contributed by atoms with Crippen molar-refractivity contribution in [2.75, 3.05) is 11.9 Å². The molecular formula is C14H21FN2O2. The van der Waals surface area contributed by atoms with Gasteiger partial charge in [-0.3, -0.25) is 0 Å². The topological polar surface area (TPSA) is 61.4 Å². The molecule has 19 heavy (non-hydrogen) atoms. The van der Waals surface area contributed by atoms with Gasteiger partial charge in [-0.25, -0.2) is 9.18 Å². The number of rotatable bonds is 5. The molecule has 1 aromatic rings. The summed E-state index contributed by atoms with van der Waals surface area (Å²) in [5.41, 5.74) is 1.21. The van der Waals surface area contributed by atoms with E-state index in [2.05, 4.69) is 10.6 Å². The van der Waals surface area contributed by atoms with Gasteiger partial charge >= 0.3 is 6.03 Å². The quantitative estimate of drug-likeness (QED) is 0.769. The van der Waals surface area contributed by atoms with E-state index >= 15 is 0 Å². The fraction of sp³-hybridized carbons (Fsp3) is 0.500. The molecule has 4 nitrogen and oxygen atoms in total. The number of carbonyl (C=O) groups is 1. The SMILES string of the molecule is Cc1ccc(F)cc1NC(=O)NC(CO)CC(C)C. The maximum Gasteiger partial charge on any atom is 0.319 e. The van der Waals surface area contributed by atoms with Crippen molar-refractivity contribution in [1.29, 1.82) is 0 Å². The summed E-state index contributed by atoms with van der Waals surface area (Å²) in [5.74, 6) is -0.0323. The molecule has 0 bridgehead atoms. The third-order valence-corrected chi connectivity index (χ3v) is 2.76. The van der Waals surface area contributed by atoms with Crippen molar-refractivity contribution in [2.45, 2.75) is 33.2 Å². The number of aliphatic hydroxyl groups excluding tert-OH is 1. The monoisotopic (exact) mass is 268 g/mol. The van der Waals surface area contributed by atoms with Crippen molar-refractivity contribution >= 4 is 11.7 Å². The predicted octanol–water partition coefficient (Wildman–Crippen LogP) is 2.66. The summed E-state index contributed by atoms with van der Waals surface area (Å²) in [4.78, 5) is 11.8. The van der Waals surface area contributed by atoms with Crippen LogP contribution in [0.15, 0.2) is 18.2 Å². The number of nitrogens with one attached hydrogen (secondary N) is 2. The van der Waals surface area contributed by atoms with E-state index in [-0.39, 0.29) is 12.6 Å². The van der Waals surface area contributed by atoms with Crippen LogP contribution in [-0.4, -0.2) is 23.8 Å². The first kappa shape index (κ1) is 15.4. The smallest absolute Gasteiger partial charge is 0.319 e. The molecule has 0 saturated carbocycles. The van der Waals surface area contributed by atoms with Gasteiger partial charge in [-0.2, -0.15) is 0 Å². The average molecular weight is 268 g/mol. The first-order valence-electron chi connectivity index (χ1n) is 6.37. The number of urea groups is 1. The van der Waals surface area contributed by atoms with Crippen molar-refractivity contribution in [2.24, 2.45) is 5.92 Å². The molecule has 1 unspecified atom stereocenters. The Morgan fingerprint density at radius 3 is 2.68 bits per heavy atom. The van der Waals surface area contributed by atoms with E-state index in [4.69, 9.17) is 0 Å². The molecular weight excluding hydrogens is 247 g/mol. The molecule has 1 atom stereocenters. The number of amides is 2. The fourth-order valence-electron chi connectivity index (χ4n) is 1.82. The highest BCUT2D eigenvalue weighted by molar-refractivity contribution is 5.90. The molecule has 0 spiro atoms. The minimum Gasteiger partial charge on any atom is -0.394 e. The van der Waals surface area contributed by atoms with Crippen LogP contribution in [0.3, 0.4) is 0 Å². The maximum atomic E-state index is 13.1. The summed E-state index contributed by atoms with van der Waals surface area (Å²) in [6, 6.07) is 3.48. The summed E-state index contributed by atoms with van der Waals surface area (Å²) >= 11 is 0. The van der Waals surface area contributed by atoms with E-state index in [1.165, 1.54) is 12.1 Å². The highest BCUT2D eigenvalue weighted by Crippen LogP contribution is 2.15. The number of carbonyl (C=O) groups excluding carboxylic acids is 1. The summed E-state index contributed by atoms with van der Waals surface area (Å²) < 4.78 is 13.1. The lowest BCUT2D eigenvalue weighted by Crippen LogP contribution is -2.41. The van der Waals surface area contributed by atoms with Gasteiger partial charge in [0.25, 0.3) is 0 Å². The minimum absolute atomic E-state index is 0.117. The maximum absolute atomic E-state index is 13.1. The van der Waals surface area contributed by atoms with Gasteiger partial charge in [0.05, 0.1) is 12.6 Å². The van der Waals surface area contributed by atoms with Gasteiger partial charge < -0.3 is 15.7 Å². The lowest BCUT2D eigenvalue weighted by atomic mass is 10.0. The summed E-state index contributed by atoms with van der Waals surface area (Å²) in [6.45, 7) is 5.69. The van der Waals surface area contributed by atoms with Crippen LogP contribution in [0, 0.1) is 18.7 Å². The number of aryl methyl sites for hydroxylation is 1. The average Bonchev–Trinajstić information content (AvgIpc) is 2.32. The highest BCUT2D eigenvalue weighted by Gasteiger charge is 2.13. The zero-order valence-electron chi connectivity index (χ0n) is 11.5. The third-order valence-electron chi connectivity index (χ3n) is 2.76. The molecule has 0 fully saturated rings. The van der Waals surface area contributed by atoms with Gasteiger partial charge in [0.1, 0.15) is 5.82 Å². The van der Waals surface area contributed by atoms with Crippen LogP contribution >= 0.6 is 0 Å². The highest BCUT2D eigenvalue weighted by atomic mass is 19.1. The first-order valence-corrected chi connectivity index (χ1v) is 6.37. The van der Waals surface area contributed by atoms with Crippen LogP contribution in [0.5, 0.6) is 0 Å². The van der Waals surface area contributed by atoms with Crippen LogP contribution in [0.4, 0.5) is 14.9 Å². The standard InChI is InChI=1S/C14H21FN2O2/c1-9(2)6-12(8-18)16-14(19)17-13-7-11(15)5-4-10(13)3/h4-5,7,9,12,18H,6,8H2,1-3H3,(H2,16,17,19). The number of anilines is 1. The number of aliphatic hydroxyl groups is 1. The molecule has 2 amide bonds. The Morgan fingerprint density at radius 1 is 1.42 bits per heavy atom. The molecule has 0 aliphatic rings. The second kappa shape index (κ2) is 7.09. The van der Waals surface area contributed by atoms with Crippen molar-refractivity contribution in [1.82, 2.24) is 5.32 Å². The second-order valence-electron chi connectivity index (χ2n) is 5.07. The zero-order valence-corrected chi connectivity index (χ0v) is 11.5. The summed E-state index contributed by atoms with van der Waals surface area (Å²) in [7, 11) is 0. The Hall–Kier alpha value is -1.62. The lowest BCUT2D eigenvalue weighted by Gasteiger charge is -2.19. The van der Waals surface area contributed by atoms with Gasteiger partial charge in [0.2, 0.25) is 0 Å². The largest absolute Gasteiger partial charge is 0.394 e.